The van der Waals surface area contributed by atoms with E-state index in [-0.39, 0.29) is 18.3 Å². The number of rotatable bonds is 6. The fourth-order valence-electron chi connectivity index (χ4n) is 3.06. The van der Waals surface area contributed by atoms with Gasteiger partial charge in [-0.1, -0.05) is 12.8 Å². The van der Waals surface area contributed by atoms with Gasteiger partial charge in [-0.3, -0.25) is 4.98 Å². The summed E-state index contributed by atoms with van der Waals surface area (Å²) in [7, 11) is 0. The monoisotopic (exact) mass is 316 g/mol. The number of halogens is 3. The smallest absolute Gasteiger partial charge is 0.393 e. The number of aromatic nitrogens is 1. The minimum atomic E-state index is -4.36. The van der Waals surface area contributed by atoms with E-state index in [1.165, 1.54) is 12.3 Å². The number of aliphatic hydroxyl groups is 1. The van der Waals surface area contributed by atoms with Crippen LogP contribution in [0, 0.1) is 5.92 Å². The highest BCUT2D eigenvalue weighted by molar-refractivity contribution is 5.22. The highest BCUT2D eigenvalue weighted by Crippen LogP contribution is 2.31. The minimum absolute atomic E-state index is 0.0349. The first-order valence-corrected chi connectivity index (χ1v) is 7.88. The van der Waals surface area contributed by atoms with Gasteiger partial charge in [-0.05, 0) is 50.3 Å². The van der Waals surface area contributed by atoms with Crippen LogP contribution < -0.4 is 5.32 Å². The van der Waals surface area contributed by atoms with Gasteiger partial charge >= 0.3 is 6.18 Å². The molecule has 2 atom stereocenters. The molecule has 1 saturated carbocycles. The number of alkyl halides is 3. The van der Waals surface area contributed by atoms with Crippen molar-refractivity contribution < 1.29 is 18.3 Å². The normalized spacial score (nSPS) is 22.7. The molecule has 0 aromatic carbocycles. The maximum Gasteiger partial charge on any atom is 0.418 e. The Labute approximate surface area is 129 Å². The summed E-state index contributed by atoms with van der Waals surface area (Å²) in [4.78, 5) is 3.82. The van der Waals surface area contributed by atoms with E-state index in [1.54, 1.807) is 0 Å². The van der Waals surface area contributed by atoms with E-state index in [2.05, 4.69) is 10.3 Å². The van der Waals surface area contributed by atoms with Gasteiger partial charge in [0.25, 0.3) is 0 Å². The number of nitrogens with one attached hydrogen (secondary N) is 1. The van der Waals surface area contributed by atoms with Crippen molar-refractivity contribution in [2.75, 3.05) is 6.54 Å². The molecule has 1 heterocycles. The number of aliphatic hydroxyl groups excluding tert-OH is 1. The molecule has 2 N–H and O–H groups in total. The summed E-state index contributed by atoms with van der Waals surface area (Å²) in [6, 6.07) is 2.36. The lowest BCUT2D eigenvalue weighted by Gasteiger charge is -2.27. The van der Waals surface area contributed by atoms with Crippen LogP contribution in [0.25, 0.3) is 0 Å². The lowest BCUT2D eigenvalue weighted by atomic mass is 9.83. The van der Waals surface area contributed by atoms with E-state index in [9.17, 15) is 18.3 Å². The molecular weight excluding hydrogens is 293 g/mol. The van der Waals surface area contributed by atoms with Crippen LogP contribution in [0.15, 0.2) is 18.3 Å². The van der Waals surface area contributed by atoms with Gasteiger partial charge in [-0.15, -0.1) is 0 Å². The first kappa shape index (κ1) is 17.2. The molecule has 1 aliphatic rings. The summed E-state index contributed by atoms with van der Waals surface area (Å²) >= 11 is 0. The minimum Gasteiger partial charge on any atom is -0.393 e. The molecule has 6 heteroatoms. The second kappa shape index (κ2) is 7.92. The summed E-state index contributed by atoms with van der Waals surface area (Å²) in [5.74, 6) is 0.344. The van der Waals surface area contributed by atoms with Crippen LogP contribution in [0.3, 0.4) is 0 Å². The molecule has 2 rings (SSSR count). The quantitative estimate of drug-likeness (QED) is 0.789. The largest absolute Gasteiger partial charge is 0.418 e. The van der Waals surface area contributed by atoms with Gasteiger partial charge in [-0.25, -0.2) is 0 Å². The first-order chi connectivity index (χ1) is 10.5. The predicted molar refractivity (Wildman–Crippen MR) is 78.1 cm³/mol. The van der Waals surface area contributed by atoms with E-state index in [0.29, 0.717) is 12.5 Å². The third-order valence-electron chi connectivity index (χ3n) is 4.29. The Kier molecular flexibility index (Phi) is 6.20. The molecule has 1 aromatic heterocycles. The Balaban J connectivity index is 1.73. The van der Waals surface area contributed by atoms with Crippen LogP contribution in [-0.4, -0.2) is 22.7 Å². The van der Waals surface area contributed by atoms with Crippen LogP contribution in [0.4, 0.5) is 13.2 Å². The lowest BCUT2D eigenvalue weighted by molar-refractivity contribution is -0.138. The second-order valence-electron chi connectivity index (χ2n) is 5.93. The van der Waals surface area contributed by atoms with Gasteiger partial charge in [0, 0.05) is 12.7 Å². The van der Waals surface area contributed by atoms with Gasteiger partial charge < -0.3 is 10.4 Å². The van der Waals surface area contributed by atoms with Crippen molar-refractivity contribution >= 4 is 0 Å². The van der Waals surface area contributed by atoms with Crippen LogP contribution in [0.1, 0.15) is 49.8 Å². The second-order valence-corrected chi connectivity index (χ2v) is 5.93. The van der Waals surface area contributed by atoms with Gasteiger partial charge in [0.05, 0.1) is 17.4 Å². The van der Waals surface area contributed by atoms with Crippen LogP contribution >= 0.6 is 0 Å². The molecule has 0 aliphatic heterocycles. The summed E-state index contributed by atoms with van der Waals surface area (Å²) in [6.07, 6.45) is 2.77. The number of hydrogen-bond acceptors (Lipinski definition) is 3. The molecule has 3 nitrogen and oxygen atoms in total. The topological polar surface area (TPSA) is 45.1 Å². The van der Waals surface area contributed by atoms with Gasteiger partial charge in [0.1, 0.15) is 0 Å². The number of nitrogens with zero attached hydrogens (tertiary/aromatic N) is 1. The average molecular weight is 316 g/mol. The standard InChI is InChI=1S/C16H23F3N2O/c17-16(18,19)13-7-4-10-21-14(13)11-20-9-3-6-12-5-1-2-8-15(12)22/h4,7,10,12,15,20,22H,1-3,5-6,8-9,11H2. The molecule has 1 aliphatic carbocycles. The third-order valence-corrected chi connectivity index (χ3v) is 4.29. The van der Waals surface area contributed by atoms with Crippen molar-refractivity contribution in [1.29, 1.82) is 0 Å². The Morgan fingerprint density at radius 1 is 1.27 bits per heavy atom. The molecular formula is C16H23F3N2O. The molecule has 0 amide bonds. The van der Waals surface area contributed by atoms with E-state index in [1.807, 2.05) is 0 Å². The van der Waals surface area contributed by atoms with Crippen molar-refractivity contribution in [3.05, 3.63) is 29.6 Å². The molecule has 22 heavy (non-hydrogen) atoms. The molecule has 0 bridgehead atoms. The molecule has 124 valence electrons. The zero-order chi connectivity index (χ0) is 16.0. The zero-order valence-electron chi connectivity index (χ0n) is 12.6. The van der Waals surface area contributed by atoms with E-state index < -0.39 is 11.7 Å². The lowest BCUT2D eigenvalue weighted by Crippen LogP contribution is -2.26. The van der Waals surface area contributed by atoms with Crippen molar-refractivity contribution in [2.24, 2.45) is 5.92 Å². The molecule has 1 aromatic rings. The molecule has 0 spiro atoms. The Morgan fingerprint density at radius 2 is 2.05 bits per heavy atom. The number of hydrogen-bond donors (Lipinski definition) is 2. The highest BCUT2D eigenvalue weighted by Gasteiger charge is 2.33. The van der Waals surface area contributed by atoms with E-state index in [0.717, 1.165) is 44.6 Å². The zero-order valence-corrected chi connectivity index (χ0v) is 12.6. The van der Waals surface area contributed by atoms with Crippen molar-refractivity contribution in [3.63, 3.8) is 0 Å². The Hall–Kier alpha value is -1.14. The van der Waals surface area contributed by atoms with Crippen molar-refractivity contribution in [2.45, 2.75) is 57.3 Å². The van der Waals surface area contributed by atoms with Gasteiger partial charge in [0.15, 0.2) is 0 Å². The van der Waals surface area contributed by atoms with Crippen molar-refractivity contribution in [3.8, 4) is 0 Å². The fraction of sp³-hybridized carbons (Fsp3) is 0.688. The summed E-state index contributed by atoms with van der Waals surface area (Å²) in [5.41, 5.74) is -0.641. The van der Waals surface area contributed by atoms with Crippen LogP contribution in [-0.2, 0) is 12.7 Å². The summed E-state index contributed by atoms with van der Waals surface area (Å²) < 4.78 is 38.4. The molecule has 0 radical (unpaired) electrons. The average Bonchev–Trinajstić information content (AvgIpc) is 2.48. The molecule has 1 fully saturated rings. The van der Waals surface area contributed by atoms with Crippen LogP contribution in [0.2, 0.25) is 0 Å². The third kappa shape index (κ3) is 4.95. The SMILES string of the molecule is OC1CCCCC1CCCNCc1ncccc1C(F)(F)F. The predicted octanol–water partition coefficient (Wildman–Crippen LogP) is 3.52. The fourth-order valence-corrected chi connectivity index (χ4v) is 3.06. The maximum absolute atomic E-state index is 12.8. The van der Waals surface area contributed by atoms with Crippen molar-refractivity contribution in [1.82, 2.24) is 10.3 Å². The summed E-state index contributed by atoms with van der Waals surface area (Å²) in [6.45, 7) is 0.750. The summed E-state index contributed by atoms with van der Waals surface area (Å²) in [5, 5.41) is 12.9. The highest BCUT2D eigenvalue weighted by atomic mass is 19.4. The molecule has 2 unspecified atom stereocenters. The Morgan fingerprint density at radius 3 is 2.77 bits per heavy atom. The van der Waals surface area contributed by atoms with Gasteiger partial charge in [-0.2, -0.15) is 13.2 Å². The first-order valence-electron chi connectivity index (χ1n) is 7.88. The Bertz CT molecular complexity index is 465. The molecule has 0 saturated heterocycles. The van der Waals surface area contributed by atoms with Gasteiger partial charge in [0.2, 0.25) is 0 Å². The van der Waals surface area contributed by atoms with Crippen LogP contribution in [0.5, 0.6) is 0 Å². The van der Waals surface area contributed by atoms with E-state index >= 15 is 0 Å². The maximum atomic E-state index is 12.8. The number of pyridine rings is 1. The van der Waals surface area contributed by atoms with E-state index in [4.69, 9.17) is 0 Å².